The van der Waals surface area contributed by atoms with Gasteiger partial charge < -0.3 is 0 Å². The van der Waals surface area contributed by atoms with Crippen molar-refractivity contribution in [3.8, 4) is 0 Å². The summed E-state index contributed by atoms with van der Waals surface area (Å²) in [4.78, 5) is 3.98. The SMILES string of the molecule is NN(CCCc1nn[nH]n1)c1nc(=S)[nH][nH]1. The van der Waals surface area contributed by atoms with Gasteiger partial charge in [-0.3, -0.25) is 15.2 Å². The third-order valence-electron chi connectivity index (χ3n) is 1.95. The lowest BCUT2D eigenvalue weighted by atomic mass is 10.3. The normalized spacial score (nSPS) is 10.6. The number of nitrogens with two attached hydrogens (primary N) is 1. The fourth-order valence-corrected chi connectivity index (χ4v) is 1.34. The van der Waals surface area contributed by atoms with Gasteiger partial charge in [-0.05, 0) is 18.6 Å². The molecule has 2 aromatic heterocycles. The highest BCUT2D eigenvalue weighted by Crippen LogP contribution is 2.01. The molecule has 16 heavy (non-hydrogen) atoms. The molecule has 2 heterocycles. The van der Waals surface area contributed by atoms with E-state index in [0.29, 0.717) is 29.5 Å². The third kappa shape index (κ3) is 2.61. The Hall–Kier alpha value is -1.81. The Labute approximate surface area is 95.4 Å². The monoisotopic (exact) mass is 241 g/mol. The van der Waals surface area contributed by atoms with Crippen LogP contribution in [0.15, 0.2) is 0 Å². The molecule has 0 spiro atoms. The van der Waals surface area contributed by atoms with Crippen molar-refractivity contribution in [3.05, 3.63) is 10.6 Å². The number of hydrazine groups is 1. The summed E-state index contributed by atoms with van der Waals surface area (Å²) in [5, 5.41) is 20.4. The van der Waals surface area contributed by atoms with Crippen molar-refractivity contribution in [2.75, 3.05) is 11.6 Å². The Balaban J connectivity index is 1.80. The minimum absolute atomic E-state index is 0.378. The summed E-state index contributed by atoms with van der Waals surface area (Å²) in [7, 11) is 0. The van der Waals surface area contributed by atoms with Crippen LogP contribution in [0.3, 0.4) is 0 Å². The summed E-state index contributed by atoms with van der Waals surface area (Å²) < 4.78 is 0.378. The van der Waals surface area contributed by atoms with Gasteiger partial charge in [0.1, 0.15) is 0 Å². The number of aryl methyl sites for hydroxylation is 1. The van der Waals surface area contributed by atoms with Crippen LogP contribution >= 0.6 is 12.2 Å². The zero-order valence-corrected chi connectivity index (χ0v) is 9.16. The Morgan fingerprint density at radius 3 is 2.88 bits per heavy atom. The second-order valence-electron chi connectivity index (χ2n) is 3.12. The van der Waals surface area contributed by atoms with Crippen molar-refractivity contribution in [2.24, 2.45) is 5.84 Å². The maximum atomic E-state index is 5.76. The first kappa shape index (κ1) is 10.7. The van der Waals surface area contributed by atoms with E-state index in [2.05, 4.69) is 35.8 Å². The standard InChI is InChI=1S/C6H11N9S/c7-15(5-8-6(16)12-11-5)3-1-2-4-9-13-14-10-4/h1-3,7H2,(H2,8,11,12,16)(H,9,10,13,14). The average molecular weight is 241 g/mol. The highest BCUT2D eigenvalue weighted by molar-refractivity contribution is 7.71. The molecule has 0 fully saturated rings. The topological polar surface area (TPSA) is 128 Å². The van der Waals surface area contributed by atoms with Crippen LogP contribution in [0, 0.1) is 4.77 Å². The van der Waals surface area contributed by atoms with E-state index in [-0.39, 0.29) is 0 Å². The lowest BCUT2D eigenvalue weighted by Gasteiger charge is -2.13. The minimum atomic E-state index is 0.378. The summed E-state index contributed by atoms with van der Waals surface area (Å²) >= 11 is 4.82. The fraction of sp³-hybridized carbons (Fsp3) is 0.500. The van der Waals surface area contributed by atoms with Crippen molar-refractivity contribution in [2.45, 2.75) is 12.8 Å². The maximum absolute atomic E-state index is 5.76. The van der Waals surface area contributed by atoms with Crippen molar-refractivity contribution < 1.29 is 0 Å². The molecule has 10 heteroatoms. The number of anilines is 1. The van der Waals surface area contributed by atoms with Crippen LogP contribution in [0.25, 0.3) is 0 Å². The van der Waals surface area contributed by atoms with Gasteiger partial charge in [-0.2, -0.15) is 10.2 Å². The molecule has 0 bridgehead atoms. The van der Waals surface area contributed by atoms with Gasteiger partial charge in [-0.25, -0.2) is 5.84 Å². The fourth-order valence-electron chi connectivity index (χ4n) is 1.20. The first-order chi connectivity index (χ1) is 7.75. The van der Waals surface area contributed by atoms with E-state index in [9.17, 15) is 0 Å². The molecule has 0 atom stereocenters. The Morgan fingerprint density at radius 2 is 2.25 bits per heavy atom. The molecule has 0 aliphatic heterocycles. The molecule has 0 saturated carbocycles. The maximum Gasteiger partial charge on any atom is 0.234 e. The number of tetrazole rings is 1. The third-order valence-corrected chi connectivity index (χ3v) is 2.14. The molecule has 0 saturated heterocycles. The summed E-state index contributed by atoms with van der Waals surface area (Å²) in [5.41, 5.74) is 0. The molecule has 0 unspecified atom stereocenters. The zero-order valence-electron chi connectivity index (χ0n) is 8.34. The Bertz CT molecular complexity index is 470. The molecular formula is C6H11N9S. The summed E-state index contributed by atoms with van der Waals surface area (Å²) in [6, 6.07) is 0. The summed E-state index contributed by atoms with van der Waals surface area (Å²) in [6.45, 7) is 0.616. The second kappa shape index (κ2) is 4.81. The van der Waals surface area contributed by atoms with Gasteiger partial charge in [-0.15, -0.1) is 10.2 Å². The largest absolute Gasteiger partial charge is 0.279 e. The van der Waals surface area contributed by atoms with E-state index in [4.69, 9.17) is 18.1 Å². The van der Waals surface area contributed by atoms with E-state index in [1.165, 1.54) is 5.01 Å². The van der Waals surface area contributed by atoms with Crippen LogP contribution in [0.4, 0.5) is 5.95 Å². The molecule has 5 N–H and O–H groups in total. The minimum Gasteiger partial charge on any atom is -0.279 e. The molecule has 9 nitrogen and oxygen atoms in total. The first-order valence-corrected chi connectivity index (χ1v) is 5.06. The van der Waals surface area contributed by atoms with E-state index >= 15 is 0 Å². The van der Waals surface area contributed by atoms with Gasteiger partial charge in [0, 0.05) is 13.0 Å². The molecule has 0 aliphatic carbocycles. The first-order valence-electron chi connectivity index (χ1n) is 4.65. The Morgan fingerprint density at radius 1 is 1.38 bits per heavy atom. The van der Waals surface area contributed by atoms with E-state index < -0.39 is 0 Å². The van der Waals surface area contributed by atoms with E-state index in [0.717, 1.165) is 6.42 Å². The number of aromatic nitrogens is 7. The van der Waals surface area contributed by atoms with Gasteiger partial charge in [0.25, 0.3) is 0 Å². The number of hydrogen-bond donors (Lipinski definition) is 4. The predicted octanol–water partition coefficient (Wildman–Crippen LogP) is -0.707. The van der Waals surface area contributed by atoms with Crippen LogP contribution in [0.5, 0.6) is 0 Å². The highest BCUT2D eigenvalue weighted by Gasteiger charge is 2.05. The molecule has 0 radical (unpaired) electrons. The molecule has 2 rings (SSSR count). The number of aromatic amines is 3. The van der Waals surface area contributed by atoms with Crippen molar-refractivity contribution in [1.82, 2.24) is 35.8 Å². The molecule has 0 aliphatic rings. The summed E-state index contributed by atoms with van der Waals surface area (Å²) in [6.07, 6.45) is 1.50. The highest BCUT2D eigenvalue weighted by atomic mass is 32.1. The quantitative estimate of drug-likeness (QED) is 0.309. The van der Waals surface area contributed by atoms with Crippen LogP contribution in [0.1, 0.15) is 12.2 Å². The van der Waals surface area contributed by atoms with Crippen LogP contribution in [0.2, 0.25) is 0 Å². The van der Waals surface area contributed by atoms with Gasteiger partial charge in [-0.1, -0.05) is 5.21 Å². The van der Waals surface area contributed by atoms with Crippen molar-refractivity contribution in [1.29, 1.82) is 0 Å². The lowest BCUT2D eigenvalue weighted by molar-refractivity contribution is 0.714. The van der Waals surface area contributed by atoms with Gasteiger partial charge in [0.2, 0.25) is 10.7 Å². The average Bonchev–Trinajstić information content (AvgIpc) is 2.89. The molecule has 0 amide bonds. The van der Waals surface area contributed by atoms with Gasteiger partial charge in [0.15, 0.2) is 5.82 Å². The predicted molar refractivity (Wildman–Crippen MR) is 57.8 cm³/mol. The van der Waals surface area contributed by atoms with Crippen LogP contribution in [-0.4, -0.2) is 42.4 Å². The van der Waals surface area contributed by atoms with Gasteiger partial charge in [0.05, 0.1) is 0 Å². The lowest BCUT2D eigenvalue weighted by Crippen LogP contribution is -2.33. The van der Waals surface area contributed by atoms with E-state index in [1.807, 2.05) is 0 Å². The number of H-pyrrole nitrogens is 3. The Kier molecular flexibility index (Phi) is 3.22. The van der Waals surface area contributed by atoms with Gasteiger partial charge >= 0.3 is 0 Å². The van der Waals surface area contributed by atoms with Crippen molar-refractivity contribution in [3.63, 3.8) is 0 Å². The molecule has 0 aromatic carbocycles. The smallest absolute Gasteiger partial charge is 0.234 e. The zero-order chi connectivity index (χ0) is 11.4. The van der Waals surface area contributed by atoms with Crippen LogP contribution < -0.4 is 10.9 Å². The number of hydrogen-bond acceptors (Lipinski definition) is 7. The second-order valence-corrected chi connectivity index (χ2v) is 3.50. The summed E-state index contributed by atoms with van der Waals surface area (Å²) in [5.74, 6) is 6.94. The van der Waals surface area contributed by atoms with Crippen molar-refractivity contribution >= 4 is 18.2 Å². The number of rotatable bonds is 5. The molecular weight excluding hydrogens is 230 g/mol. The van der Waals surface area contributed by atoms with Crippen LogP contribution in [-0.2, 0) is 6.42 Å². The molecule has 86 valence electrons. The van der Waals surface area contributed by atoms with E-state index in [1.54, 1.807) is 0 Å². The number of nitrogens with zero attached hydrogens (tertiary/aromatic N) is 5. The number of nitrogens with one attached hydrogen (secondary N) is 3. The molecule has 2 aromatic rings.